The Labute approximate surface area is 103 Å². The van der Waals surface area contributed by atoms with Crippen molar-refractivity contribution in [1.29, 1.82) is 0 Å². The van der Waals surface area contributed by atoms with E-state index in [0.29, 0.717) is 0 Å². The van der Waals surface area contributed by atoms with Crippen LogP contribution in [0, 0.1) is 13.8 Å². The monoisotopic (exact) mass is 244 g/mol. The van der Waals surface area contributed by atoms with Gasteiger partial charge in [0.1, 0.15) is 0 Å². The molecule has 0 unspecified atom stereocenters. The molecule has 0 bridgehead atoms. The smallest absolute Gasteiger partial charge is 0.0486 e. The van der Waals surface area contributed by atoms with Crippen molar-refractivity contribution in [2.75, 3.05) is 0 Å². The van der Waals surface area contributed by atoms with Gasteiger partial charge in [0.05, 0.1) is 0 Å². The fourth-order valence-corrected chi connectivity index (χ4v) is 4.33. The Morgan fingerprint density at radius 3 is 2.56 bits per heavy atom. The Kier molecular flexibility index (Phi) is 2.34. The van der Waals surface area contributed by atoms with E-state index in [1.807, 2.05) is 22.7 Å². The molecule has 0 aliphatic carbocycles. The van der Waals surface area contributed by atoms with Crippen LogP contribution >= 0.6 is 22.7 Å². The number of benzene rings is 1. The van der Waals surface area contributed by atoms with Crippen LogP contribution in [0.25, 0.3) is 19.8 Å². The SMILES string of the molecule is Cc1ccccc1-c1cc2scc(C)c2s1. The van der Waals surface area contributed by atoms with Crippen LogP contribution < -0.4 is 0 Å². The average Bonchev–Trinajstić information content (AvgIpc) is 2.82. The molecule has 0 aliphatic heterocycles. The van der Waals surface area contributed by atoms with Gasteiger partial charge in [-0.05, 0) is 42.0 Å². The molecule has 3 aromatic rings. The first-order chi connectivity index (χ1) is 7.75. The van der Waals surface area contributed by atoms with E-state index < -0.39 is 0 Å². The van der Waals surface area contributed by atoms with Crippen molar-refractivity contribution in [3.05, 3.63) is 46.8 Å². The van der Waals surface area contributed by atoms with E-state index in [-0.39, 0.29) is 0 Å². The van der Waals surface area contributed by atoms with Gasteiger partial charge in [-0.1, -0.05) is 24.3 Å². The van der Waals surface area contributed by atoms with Crippen molar-refractivity contribution in [3.8, 4) is 10.4 Å². The third-order valence-electron chi connectivity index (χ3n) is 2.83. The Bertz CT molecular complexity index is 644. The van der Waals surface area contributed by atoms with E-state index in [2.05, 4.69) is 49.6 Å². The molecule has 0 nitrogen and oxygen atoms in total. The minimum absolute atomic E-state index is 1.36. The molecule has 2 heteroatoms. The molecule has 0 amide bonds. The first-order valence-electron chi connectivity index (χ1n) is 5.29. The summed E-state index contributed by atoms with van der Waals surface area (Å²) in [4.78, 5) is 1.39. The van der Waals surface area contributed by atoms with Crippen molar-refractivity contribution in [3.63, 3.8) is 0 Å². The van der Waals surface area contributed by atoms with Crippen molar-refractivity contribution in [1.82, 2.24) is 0 Å². The van der Waals surface area contributed by atoms with Gasteiger partial charge in [-0.3, -0.25) is 0 Å². The maximum Gasteiger partial charge on any atom is 0.0486 e. The molecule has 2 heterocycles. The minimum atomic E-state index is 1.36. The quantitative estimate of drug-likeness (QED) is 0.548. The van der Waals surface area contributed by atoms with Crippen LogP contribution in [0.1, 0.15) is 11.1 Å². The van der Waals surface area contributed by atoms with Crippen LogP contribution in [0.15, 0.2) is 35.7 Å². The number of rotatable bonds is 1. The average molecular weight is 244 g/mol. The zero-order valence-electron chi connectivity index (χ0n) is 9.28. The summed E-state index contributed by atoms with van der Waals surface area (Å²) < 4.78 is 2.86. The maximum atomic E-state index is 2.32. The van der Waals surface area contributed by atoms with Crippen molar-refractivity contribution in [2.45, 2.75) is 13.8 Å². The molecule has 0 aliphatic rings. The molecule has 0 radical (unpaired) electrons. The highest BCUT2D eigenvalue weighted by Crippen LogP contribution is 2.39. The van der Waals surface area contributed by atoms with Gasteiger partial charge in [0.15, 0.2) is 0 Å². The molecule has 0 spiro atoms. The van der Waals surface area contributed by atoms with E-state index >= 15 is 0 Å². The topological polar surface area (TPSA) is 0 Å². The molecular formula is C14H12S2. The van der Waals surface area contributed by atoms with Crippen LogP contribution in [0.2, 0.25) is 0 Å². The summed E-state index contributed by atoms with van der Waals surface area (Å²) in [6, 6.07) is 10.9. The van der Waals surface area contributed by atoms with E-state index in [4.69, 9.17) is 0 Å². The predicted molar refractivity (Wildman–Crippen MR) is 74.6 cm³/mol. The summed E-state index contributed by atoms with van der Waals surface area (Å²) in [5.41, 5.74) is 4.13. The second kappa shape index (κ2) is 3.72. The van der Waals surface area contributed by atoms with Gasteiger partial charge in [0, 0.05) is 14.3 Å². The van der Waals surface area contributed by atoms with Crippen LogP contribution in [0.5, 0.6) is 0 Å². The summed E-state index contributed by atoms with van der Waals surface area (Å²) >= 11 is 3.75. The van der Waals surface area contributed by atoms with Crippen LogP contribution in [-0.4, -0.2) is 0 Å². The van der Waals surface area contributed by atoms with Crippen LogP contribution in [-0.2, 0) is 0 Å². The van der Waals surface area contributed by atoms with E-state index in [1.54, 1.807) is 0 Å². The third kappa shape index (κ3) is 1.49. The van der Waals surface area contributed by atoms with Gasteiger partial charge in [-0.25, -0.2) is 0 Å². The molecular weight excluding hydrogens is 232 g/mol. The molecule has 0 saturated carbocycles. The predicted octanol–water partition coefficient (Wildman–Crippen LogP) is 5.25. The first-order valence-corrected chi connectivity index (χ1v) is 6.99. The zero-order chi connectivity index (χ0) is 11.1. The summed E-state index contributed by atoms with van der Waals surface area (Å²) in [5, 5.41) is 2.24. The number of fused-ring (bicyclic) bond motifs is 1. The Morgan fingerprint density at radius 1 is 1.00 bits per heavy atom. The highest BCUT2D eigenvalue weighted by atomic mass is 32.1. The Morgan fingerprint density at radius 2 is 1.81 bits per heavy atom. The number of thiophene rings is 2. The molecule has 16 heavy (non-hydrogen) atoms. The molecule has 0 fully saturated rings. The number of aryl methyl sites for hydroxylation is 2. The summed E-state index contributed by atoms with van der Waals surface area (Å²) in [5.74, 6) is 0. The zero-order valence-corrected chi connectivity index (χ0v) is 10.9. The second-order valence-corrected chi connectivity index (χ2v) is 6.00. The molecule has 3 rings (SSSR count). The maximum absolute atomic E-state index is 2.32. The normalized spacial score (nSPS) is 11.1. The fraction of sp³-hybridized carbons (Fsp3) is 0.143. The van der Waals surface area contributed by atoms with E-state index in [1.165, 1.54) is 31.0 Å². The minimum Gasteiger partial charge on any atom is -0.143 e. The lowest BCUT2D eigenvalue weighted by Crippen LogP contribution is -1.77. The van der Waals surface area contributed by atoms with Crippen molar-refractivity contribution < 1.29 is 0 Å². The lowest BCUT2D eigenvalue weighted by molar-refractivity contribution is 1.48. The van der Waals surface area contributed by atoms with E-state index in [0.717, 1.165) is 0 Å². The number of hydrogen-bond acceptors (Lipinski definition) is 2. The molecule has 1 aromatic carbocycles. The largest absolute Gasteiger partial charge is 0.143 e. The van der Waals surface area contributed by atoms with Gasteiger partial charge < -0.3 is 0 Å². The molecule has 0 atom stereocenters. The van der Waals surface area contributed by atoms with Crippen LogP contribution in [0.4, 0.5) is 0 Å². The van der Waals surface area contributed by atoms with Gasteiger partial charge in [-0.15, -0.1) is 22.7 Å². The van der Waals surface area contributed by atoms with Gasteiger partial charge in [0.2, 0.25) is 0 Å². The van der Waals surface area contributed by atoms with Crippen molar-refractivity contribution >= 4 is 32.1 Å². The highest BCUT2D eigenvalue weighted by molar-refractivity contribution is 7.29. The fourth-order valence-electron chi connectivity index (χ4n) is 1.92. The van der Waals surface area contributed by atoms with Gasteiger partial charge >= 0.3 is 0 Å². The molecule has 0 N–H and O–H groups in total. The van der Waals surface area contributed by atoms with Gasteiger partial charge in [-0.2, -0.15) is 0 Å². The second-order valence-electron chi connectivity index (χ2n) is 4.04. The lowest BCUT2D eigenvalue weighted by Gasteiger charge is -2.01. The Balaban J connectivity index is 2.23. The van der Waals surface area contributed by atoms with Gasteiger partial charge in [0.25, 0.3) is 0 Å². The first kappa shape index (κ1) is 10.1. The van der Waals surface area contributed by atoms with Crippen molar-refractivity contribution in [2.24, 2.45) is 0 Å². The lowest BCUT2D eigenvalue weighted by atomic mass is 10.1. The highest BCUT2D eigenvalue weighted by Gasteiger charge is 2.08. The Hall–Kier alpha value is -1.12. The standard InChI is InChI=1S/C14H12S2/c1-9-5-3-4-6-11(9)12-7-13-14(16-12)10(2)8-15-13/h3-8H,1-2H3. The molecule has 0 saturated heterocycles. The third-order valence-corrected chi connectivity index (χ3v) is 5.31. The summed E-state index contributed by atoms with van der Waals surface area (Å²) in [7, 11) is 0. The summed E-state index contributed by atoms with van der Waals surface area (Å²) in [6.07, 6.45) is 0. The van der Waals surface area contributed by atoms with E-state index in [9.17, 15) is 0 Å². The number of hydrogen-bond donors (Lipinski definition) is 0. The summed E-state index contributed by atoms with van der Waals surface area (Å²) in [6.45, 7) is 4.37. The molecule has 2 aromatic heterocycles. The molecule has 80 valence electrons. The van der Waals surface area contributed by atoms with Crippen LogP contribution in [0.3, 0.4) is 0 Å².